The number of hydrogen-bond acceptors (Lipinski definition) is 4. The molecule has 0 aliphatic carbocycles. The maximum atomic E-state index is 12.2. The molecule has 1 aliphatic heterocycles. The first-order valence-electron chi connectivity index (χ1n) is 5.43. The van der Waals surface area contributed by atoms with Crippen LogP contribution in [0.25, 0.3) is 0 Å². The third-order valence-electron chi connectivity index (χ3n) is 2.90. The minimum Gasteiger partial charge on any atom is -0.487 e. The molecule has 0 saturated heterocycles. The van der Waals surface area contributed by atoms with E-state index >= 15 is 0 Å². The molecule has 2 heterocycles. The molecule has 0 radical (unpaired) electrons. The van der Waals surface area contributed by atoms with Crippen molar-refractivity contribution in [2.75, 3.05) is 25.6 Å². The average molecular weight is 330 g/mol. The van der Waals surface area contributed by atoms with E-state index in [2.05, 4.69) is 20.9 Å². The Hall–Kier alpha value is -1.83. The highest BCUT2D eigenvalue weighted by Crippen LogP contribution is 2.31. The Morgan fingerprint density at radius 1 is 1.68 bits per heavy atom. The molecule has 2 rings (SSSR count). The third kappa shape index (κ3) is 2.48. The number of anilines is 1. The lowest BCUT2D eigenvalue weighted by Crippen LogP contribution is -2.49. The number of ether oxygens (including phenoxy) is 1. The van der Waals surface area contributed by atoms with Crippen LogP contribution in [0.1, 0.15) is 0 Å². The fourth-order valence-corrected chi connectivity index (χ4v) is 2.06. The second-order valence-electron chi connectivity index (χ2n) is 4.09. The van der Waals surface area contributed by atoms with Gasteiger partial charge in [-0.1, -0.05) is 0 Å². The van der Waals surface area contributed by atoms with E-state index in [0.29, 0.717) is 11.6 Å². The summed E-state index contributed by atoms with van der Waals surface area (Å²) in [4.78, 5) is 29.5. The first-order chi connectivity index (χ1) is 8.91. The van der Waals surface area contributed by atoms with Gasteiger partial charge in [0.05, 0.1) is 0 Å². The van der Waals surface area contributed by atoms with Crippen molar-refractivity contribution in [3.05, 3.63) is 16.7 Å². The van der Waals surface area contributed by atoms with Crippen molar-refractivity contribution < 1.29 is 19.4 Å². The van der Waals surface area contributed by atoms with Crippen LogP contribution in [-0.2, 0) is 4.79 Å². The molecule has 0 spiro atoms. The lowest BCUT2D eigenvalue weighted by Gasteiger charge is -2.24. The first kappa shape index (κ1) is 13.6. The number of rotatable bonds is 1. The van der Waals surface area contributed by atoms with Gasteiger partial charge in [0, 0.05) is 24.8 Å². The van der Waals surface area contributed by atoms with E-state index in [-0.39, 0.29) is 12.5 Å². The second kappa shape index (κ2) is 5.04. The molecule has 2 amide bonds. The van der Waals surface area contributed by atoms with E-state index < -0.39 is 12.1 Å². The van der Waals surface area contributed by atoms with E-state index in [1.807, 2.05) is 0 Å². The van der Waals surface area contributed by atoms with Gasteiger partial charge in [-0.15, -0.1) is 0 Å². The molecular formula is C11H12BrN3O4. The molecule has 8 heteroatoms. The van der Waals surface area contributed by atoms with E-state index in [0.717, 1.165) is 9.37 Å². The van der Waals surface area contributed by atoms with E-state index in [1.165, 1.54) is 11.9 Å². The molecule has 0 aromatic carbocycles. The number of carboxylic acid groups (broad SMARTS) is 1. The molecule has 1 N–H and O–H groups in total. The fraction of sp³-hybridized carbons (Fsp3) is 0.364. The van der Waals surface area contributed by atoms with E-state index in [1.54, 1.807) is 19.3 Å². The van der Waals surface area contributed by atoms with Crippen molar-refractivity contribution in [1.29, 1.82) is 0 Å². The van der Waals surface area contributed by atoms with Crippen molar-refractivity contribution in [3.63, 3.8) is 0 Å². The van der Waals surface area contributed by atoms with Gasteiger partial charge in [-0.2, -0.15) is 0 Å². The SMILES string of the molecule is CN1C(=O)[C@@H](N(C)C(=O)O)COc2cc(Br)cnc21. The molecule has 0 bridgehead atoms. The van der Waals surface area contributed by atoms with Crippen molar-refractivity contribution >= 4 is 33.7 Å². The van der Waals surface area contributed by atoms with Crippen LogP contribution in [0.3, 0.4) is 0 Å². The summed E-state index contributed by atoms with van der Waals surface area (Å²) >= 11 is 3.27. The number of fused-ring (bicyclic) bond motifs is 1. The Morgan fingerprint density at radius 3 is 3.00 bits per heavy atom. The molecule has 1 atom stereocenters. The Bertz CT molecular complexity index is 537. The zero-order chi connectivity index (χ0) is 14.2. The summed E-state index contributed by atoms with van der Waals surface area (Å²) in [6.07, 6.45) is 0.364. The van der Waals surface area contributed by atoms with Crippen molar-refractivity contribution in [3.8, 4) is 5.75 Å². The number of amides is 2. The topological polar surface area (TPSA) is 83.0 Å². The zero-order valence-corrected chi connectivity index (χ0v) is 11.9. The smallest absolute Gasteiger partial charge is 0.407 e. The minimum absolute atomic E-state index is 0.0445. The van der Waals surface area contributed by atoms with Crippen LogP contribution in [0.4, 0.5) is 10.6 Å². The molecule has 7 nitrogen and oxygen atoms in total. The molecule has 1 aliphatic rings. The van der Waals surface area contributed by atoms with E-state index in [4.69, 9.17) is 9.84 Å². The van der Waals surface area contributed by atoms with Crippen molar-refractivity contribution in [2.24, 2.45) is 0 Å². The molecule has 102 valence electrons. The van der Waals surface area contributed by atoms with Gasteiger partial charge in [-0.05, 0) is 22.0 Å². The summed E-state index contributed by atoms with van der Waals surface area (Å²) in [6, 6.07) is 0.797. The van der Waals surface area contributed by atoms with Crippen molar-refractivity contribution in [2.45, 2.75) is 6.04 Å². The fourth-order valence-electron chi connectivity index (χ4n) is 1.75. The zero-order valence-electron chi connectivity index (χ0n) is 10.3. The minimum atomic E-state index is -1.18. The number of carbonyl (C=O) groups is 2. The predicted molar refractivity (Wildman–Crippen MR) is 70.4 cm³/mol. The second-order valence-corrected chi connectivity index (χ2v) is 5.01. The molecule has 19 heavy (non-hydrogen) atoms. The summed E-state index contributed by atoms with van der Waals surface area (Å²) in [5, 5.41) is 8.97. The monoisotopic (exact) mass is 329 g/mol. The Labute approximate surface area is 117 Å². The van der Waals surface area contributed by atoms with Crippen LogP contribution < -0.4 is 9.64 Å². The number of nitrogens with zero attached hydrogens (tertiary/aromatic N) is 3. The first-order valence-corrected chi connectivity index (χ1v) is 6.22. The largest absolute Gasteiger partial charge is 0.487 e. The number of carbonyl (C=O) groups excluding carboxylic acids is 1. The summed E-state index contributed by atoms with van der Waals surface area (Å²) in [6.45, 7) is -0.0445. The third-order valence-corrected chi connectivity index (χ3v) is 3.33. The summed E-state index contributed by atoms with van der Waals surface area (Å²) in [7, 11) is 2.88. The highest BCUT2D eigenvalue weighted by atomic mass is 79.9. The lowest BCUT2D eigenvalue weighted by molar-refractivity contribution is -0.123. The molecule has 1 aromatic rings. The molecule has 0 fully saturated rings. The van der Waals surface area contributed by atoms with Gasteiger partial charge in [0.15, 0.2) is 11.6 Å². The Morgan fingerprint density at radius 2 is 2.37 bits per heavy atom. The van der Waals surface area contributed by atoms with Gasteiger partial charge in [0.2, 0.25) is 0 Å². The van der Waals surface area contributed by atoms with Crippen LogP contribution in [0.15, 0.2) is 16.7 Å². The summed E-state index contributed by atoms with van der Waals surface area (Å²) in [5.74, 6) is 0.430. The van der Waals surface area contributed by atoms with Crippen LogP contribution in [0.2, 0.25) is 0 Å². The highest BCUT2D eigenvalue weighted by molar-refractivity contribution is 9.10. The molecule has 0 unspecified atom stereocenters. The predicted octanol–water partition coefficient (Wildman–Crippen LogP) is 1.18. The van der Waals surface area contributed by atoms with Gasteiger partial charge in [0.1, 0.15) is 12.6 Å². The van der Waals surface area contributed by atoms with Crippen molar-refractivity contribution in [1.82, 2.24) is 9.88 Å². The van der Waals surface area contributed by atoms with Gasteiger partial charge in [-0.25, -0.2) is 9.78 Å². The maximum Gasteiger partial charge on any atom is 0.407 e. The average Bonchev–Trinajstić information content (AvgIpc) is 2.48. The van der Waals surface area contributed by atoms with Crippen LogP contribution >= 0.6 is 15.9 Å². The van der Waals surface area contributed by atoms with Gasteiger partial charge < -0.3 is 9.84 Å². The normalized spacial score (nSPS) is 18.4. The number of aromatic nitrogens is 1. The number of halogens is 1. The Balaban J connectivity index is 2.37. The van der Waals surface area contributed by atoms with Gasteiger partial charge in [-0.3, -0.25) is 14.6 Å². The summed E-state index contributed by atoms with van der Waals surface area (Å²) in [5.41, 5.74) is 0. The Kier molecular flexibility index (Phi) is 3.61. The van der Waals surface area contributed by atoms with Gasteiger partial charge in [0.25, 0.3) is 5.91 Å². The van der Waals surface area contributed by atoms with Crippen LogP contribution in [0, 0.1) is 0 Å². The number of pyridine rings is 1. The van der Waals surface area contributed by atoms with Gasteiger partial charge >= 0.3 is 6.09 Å². The number of likely N-dealkylation sites (N-methyl/N-ethyl adjacent to an activating group) is 2. The summed E-state index contributed by atoms with van der Waals surface area (Å²) < 4.78 is 6.21. The maximum absolute atomic E-state index is 12.2. The lowest BCUT2D eigenvalue weighted by atomic mass is 10.2. The van der Waals surface area contributed by atoms with Crippen LogP contribution in [0.5, 0.6) is 5.75 Å². The highest BCUT2D eigenvalue weighted by Gasteiger charge is 2.34. The number of hydrogen-bond donors (Lipinski definition) is 1. The van der Waals surface area contributed by atoms with E-state index in [9.17, 15) is 9.59 Å². The van der Waals surface area contributed by atoms with Crippen LogP contribution in [-0.4, -0.2) is 53.7 Å². The molecule has 1 aromatic heterocycles. The quantitative estimate of drug-likeness (QED) is 0.836. The standard InChI is InChI=1S/C11H12BrN3O4/c1-14(11(17)18)7-5-19-8-3-6(12)4-13-9(8)15(2)10(7)16/h3-4,7H,5H2,1-2H3,(H,17,18)/t7-/m0/s1. The molecule has 0 saturated carbocycles. The molecular weight excluding hydrogens is 318 g/mol.